The Labute approximate surface area is 109 Å². The van der Waals surface area contributed by atoms with E-state index in [-0.39, 0.29) is 5.91 Å². The molecule has 1 aromatic rings. The molecule has 1 atom stereocenters. The van der Waals surface area contributed by atoms with Crippen molar-refractivity contribution in [2.24, 2.45) is 0 Å². The van der Waals surface area contributed by atoms with Gasteiger partial charge in [0, 0.05) is 19.8 Å². The maximum absolute atomic E-state index is 12.5. The fraction of sp³-hybridized carbons (Fsp3) is 0.500. The van der Waals surface area contributed by atoms with E-state index < -0.39 is 5.54 Å². The lowest BCUT2D eigenvalue weighted by Crippen LogP contribution is -2.52. The van der Waals surface area contributed by atoms with Gasteiger partial charge in [-0.25, -0.2) is 0 Å². The monoisotopic (exact) mass is 249 g/mol. The smallest absolute Gasteiger partial charge is 0.246 e. The SMILES string of the molecule is CCN(C)C(C)(C(=O)N(C)C)c1ccc(N)cc1. The molecule has 1 amide bonds. The summed E-state index contributed by atoms with van der Waals surface area (Å²) in [6.45, 7) is 4.78. The molecule has 100 valence electrons. The maximum Gasteiger partial charge on any atom is 0.246 e. The van der Waals surface area contributed by atoms with Gasteiger partial charge in [0.2, 0.25) is 5.91 Å². The Hall–Kier alpha value is -1.55. The van der Waals surface area contributed by atoms with Gasteiger partial charge >= 0.3 is 0 Å². The molecule has 0 saturated carbocycles. The van der Waals surface area contributed by atoms with Crippen LogP contribution in [0.2, 0.25) is 0 Å². The van der Waals surface area contributed by atoms with E-state index in [1.165, 1.54) is 0 Å². The lowest BCUT2D eigenvalue weighted by molar-refractivity contribution is -0.140. The second kappa shape index (κ2) is 5.40. The Morgan fingerprint density at radius 3 is 2.11 bits per heavy atom. The van der Waals surface area contributed by atoms with Crippen LogP contribution in [0.25, 0.3) is 0 Å². The molecular weight excluding hydrogens is 226 g/mol. The Morgan fingerprint density at radius 2 is 1.72 bits per heavy atom. The number of hydrogen-bond acceptors (Lipinski definition) is 3. The average Bonchev–Trinajstić information content (AvgIpc) is 2.36. The minimum Gasteiger partial charge on any atom is -0.399 e. The minimum absolute atomic E-state index is 0.0663. The first-order valence-electron chi connectivity index (χ1n) is 6.13. The van der Waals surface area contributed by atoms with Crippen LogP contribution in [0, 0.1) is 0 Å². The summed E-state index contributed by atoms with van der Waals surface area (Å²) in [5.74, 6) is 0.0663. The first-order chi connectivity index (χ1) is 8.33. The lowest BCUT2D eigenvalue weighted by atomic mass is 9.88. The highest BCUT2D eigenvalue weighted by Crippen LogP contribution is 2.29. The summed E-state index contributed by atoms with van der Waals surface area (Å²) in [7, 11) is 5.51. The van der Waals surface area contributed by atoms with Crippen molar-refractivity contribution in [2.75, 3.05) is 33.4 Å². The van der Waals surface area contributed by atoms with E-state index in [0.29, 0.717) is 5.69 Å². The molecule has 0 heterocycles. The number of anilines is 1. The van der Waals surface area contributed by atoms with Gasteiger partial charge in [0.15, 0.2) is 0 Å². The number of nitrogen functional groups attached to an aromatic ring is 1. The van der Waals surface area contributed by atoms with E-state index in [1.54, 1.807) is 19.0 Å². The highest BCUT2D eigenvalue weighted by molar-refractivity contribution is 5.87. The molecular formula is C14H23N3O. The predicted molar refractivity (Wildman–Crippen MR) is 75.2 cm³/mol. The molecule has 0 fully saturated rings. The lowest BCUT2D eigenvalue weighted by Gasteiger charge is -2.39. The van der Waals surface area contributed by atoms with Crippen molar-refractivity contribution in [1.82, 2.24) is 9.80 Å². The maximum atomic E-state index is 12.5. The normalized spacial score (nSPS) is 14.3. The Morgan fingerprint density at radius 1 is 1.22 bits per heavy atom. The number of nitrogens with two attached hydrogens (primary N) is 1. The van der Waals surface area contributed by atoms with E-state index in [2.05, 4.69) is 0 Å². The van der Waals surface area contributed by atoms with E-state index >= 15 is 0 Å². The van der Waals surface area contributed by atoms with Gasteiger partial charge < -0.3 is 10.6 Å². The van der Waals surface area contributed by atoms with Crippen molar-refractivity contribution in [3.63, 3.8) is 0 Å². The number of nitrogens with zero attached hydrogens (tertiary/aromatic N) is 2. The molecule has 1 unspecified atom stereocenters. The Bertz CT molecular complexity index is 414. The molecule has 0 spiro atoms. The third-order valence-electron chi connectivity index (χ3n) is 3.53. The van der Waals surface area contributed by atoms with E-state index in [1.807, 2.05) is 50.1 Å². The largest absolute Gasteiger partial charge is 0.399 e. The number of benzene rings is 1. The van der Waals surface area contributed by atoms with Crippen LogP contribution in [0.3, 0.4) is 0 Å². The quantitative estimate of drug-likeness (QED) is 0.823. The fourth-order valence-corrected chi connectivity index (χ4v) is 2.07. The Balaban J connectivity index is 3.28. The number of amides is 1. The molecule has 4 heteroatoms. The molecule has 1 aromatic carbocycles. The Kier molecular flexibility index (Phi) is 4.35. The first-order valence-corrected chi connectivity index (χ1v) is 6.13. The van der Waals surface area contributed by atoms with Gasteiger partial charge in [-0.3, -0.25) is 9.69 Å². The van der Waals surface area contributed by atoms with Crippen molar-refractivity contribution in [3.8, 4) is 0 Å². The number of hydrogen-bond donors (Lipinski definition) is 1. The van der Waals surface area contributed by atoms with Crippen LogP contribution in [-0.4, -0.2) is 43.4 Å². The van der Waals surface area contributed by atoms with E-state index in [9.17, 15) is 4.79 Å². The zero-order valence-corrected chi connectivity index (χ0v) is 11.9. The second-order valence-electron chi connectivity index (χ2n) is 4.91. The van der Waals surface area contributed by atoms with Crippen LogP contribution >= 0.6 is 0 Å². The molecule has 0 aliphatic rings. The standard InChI is InChI=1S/C14H23N3O/c1-6-17(5)14(2,13(18)16(3)4)11-7-9-12(15)10-8-11/h7-10H,6,15H2,1-5H3. The van der Waals surface area contributed by atoms with Gasteiger partial charge in [-0.05, 0) is 38.2 Å². The molecule has 0 bridgehead atoms. The summed E-state index contributed by atoms with van der Waals surface area (Å²) in [5, 5.41) is 0. The van der Waals surface area contributed by atoms with E-state index in [4.69, 9.17) is 5.73 Å². The molecule has 18 heavy (non-hydrogen) atoms. The number of carbonyl (C=O) groups excluding carboxylic acids is 1. The van der Waals surface area contributed by atoms with Crippen LogP contribution in [-0.2, 0) is 10.3 Å². The molecule has 1 rings (SSSR count). The van der Waals surface area contributed by atoms with Crippen molar-refractivity contribution in [1.29, 1.82) is 0 Å². The van der Waals surface area contributed by atoms with Gasteiger partial charge in [0.05, 0.1) is 0 Å². The van der Waals surface area contributed by atoms with E-state index in [0.717, 1.165) is 12.1 Å². The second-order valence-corrected chi connectivity index (χ2v) is 4.91. The molecule has 0 saturated heterocycles. The highest BCUT2D eigenvalue weighted by atomic mass is 16.2. The summed E-state index contributed by atoms with van der Waals surface area (Å²) in [6.07, 6.45) is 0. The highest BCUT2D eigenvalue weighted by Gasteiger charge is 2.39. The van der Waals surface area contributed by atoms with Crippen LogP contribution < -0.4 is 5.73 Å². The van der Waals surface area contributed by atoms with Crippen LogP contribution in [0.1, 0.15) is 19.4 Å². The van der Waals surface area contributed by atoms with Gasteiger partial charge in [-0.15, -0.1) is 0 Å². The van der Waals surface area contributed by atoms with Gasteiger partial charge in [0.1, 0.15) is 5.54 Å². The number of carbonyl (C=O) groups is 1. The molecule has 2 N–H and O–H groups in total. The zero-order valence-electron chi connectivity index (χ0n) is 11.9. The third-order valence-corrected chi connectivity index (χ3v) is 3.53. The number of rotatable bonds is 4. The zero-order chi connectivity index (χ0) is 13.9. The van der Waals surface area contributed by atoms with Crippen LogP contribution in [0.5, 0.6) is 0 Å². The fourth-order valence-electron chi connectivity index (χ4n) is 2.07. The summed E-state index contributed by atoms with van der Waals surface area (Å²) in [4.78, 5) is 16.2. The van der Waals surface area contributed by atoms with Crippen molar-refractivity contribution in [2.45, 2.75) is 19.4 Å². The number of likely N-dealkylation sites (N-methyl/N-ethyl adjacent to an activating group) is 2. The van der Waals surface area contributed by atoms with Gasteiger partial charge in [-0.1, -0.05) is 19.1 Å². The third kappa shape index (κ3) is 2.48. The summed E-state index contributed by atoms with van der Waals surface area (Å²) in [5.41, 5.74) is 6.71. The minimum atomic E-state index is -0.661. The van der Waals surface area contributed by atoms with Crippen molar-refractivity contribution < 1.29 is 4.79 Å². The molecule has 0 aliphatic carbocycles. The molecule has 0 aliphatic heterocycles. The average molecular weight is 249 g/mol. The van der Waals surface area contributed by atoms with Gasteiger partial charge in [0.25, 0.3) is 0 Å². The topological polar surface area (TPSA) is 49.6 Å². The van der Waals surface area contributed by atoms with Gasteiger partial charge in [-0.2, -0.15) is 0 Å². The molecule has 0 radical (unpaired) electrons. The van der Waals surface area contributed by atoms with Crippen LogP contribution in [0.4, 0.5) is 5.69 Å². The van der Waals surface area contributed by atoms with Crippen molar-refractivity contribution in [3.05, 3.63) is 29.8 Å². The molecule has 4 nitrogen and oxygen atoms in total. The van der Waals surface area contributed by atoms with Crippen molar-refractivity contribution >= 4 is 11.6 Å². The summed E-state index contributed by atoms with van der Waals surface area (Å²) in [6, 6.07) is 7.51. The van der Waals surface area contributed by atoms with Crippen LogP contribution in [0.15, 0.2) is 24.3 Å². The predicted octanol–water partition coefficient (Wildman–Crippen LogP) is 1.52. The first kappa shape index (κ1) is 14.5. The summed E-state index contributed by atoms with van der Waals surface area (Å²) < 4.78 is 0. The molecule has 0 aromatic heterocycles. The summed E-state index contributed by atoms with van der Waals surface area (Å²) >= 11 is 0.